The average molecular weight is 186 g/mol. The normalized spacial score (nSPS) is 9.83. The predicted octanol–water partition coefficient (Wildman–Crippen LogP) is 1.95. The van der Waals surface area contributed by atoms with Gasteiger partial charge in [0.15, 0.2) is 0 Å². The Morgan fingerprint density at radius 1 is 1.58 bits per heavy atom. The molecule has 12 heavy (non-hydrogen) atoms. The molecule has 0 aliphatic carbocycles. The molecule has 64 valence electrons. The van der Waals surface area contributed by atoms with Crippen molar-refractivity contribution >= 4 is 18.6 Å². The molecule has 1 aromatic carbocycles. The molecule has 0 aliphatic rings. The molecular formula is C8H7FO2S. The second kappa shape index (κ2) is 3.58. The molecule has 1 rings (SSSR count). The van der Waals surface area contributed by atoms with Crippen LogP contribution in [0.1, 0.15) is 15.9 Å². The zero-order valence-corrected chi connectivity index (χ0v) is 7.01. The minimum absolute atomic E-state index is 0.0838. The fraction of sp³-hybridized carbons (Fsp3) is 0.125. The van der Waals surface area contributed by atoms with E-state index >= 15 is 0 Å². The Labute approximate surface area is 74.4 Å². The maximum Gasteiger partial charge on any atom is 0.335 e. The SMILES string of the molecule is O=C(O)c1ccc(F)c(CS)c1. The molecule has 0 fully saturated rings. The smallest absolute Gasteiger partial charge is 0.335 e. The van der Waals surface area contributed by atoms with E-state index in [-0.39, 0.29) is 11.3 Å². The maximum absolute atomic E-state index is 12.8. The van der Waals surface area contributed by atoms with Crippen molar-refractivity contribution < 1.29 is 14.3 Å². The zero-order valence-electron chi connectivity index (χ0n) is 6.12. The van der Waals surface area contributed by atoms with Crippen molar-refractivity contribution in [2.75, 3.05) is 0 Å². The van der Waals surface area contributed by atoms with Gasteiger partial charge in [0, 0.05) is 5.75 Å². The minimum Gasteiger partial charge on any atom is -0.478 e. The highest BCUT2D eigenvalue weighted by Gasteiger charge is 2.06. The summed E-state index contributed by atoms with van der Waals surface area (Å²) in [5.74, 6) is -1.28. The summed E-state index contributed by atoms with van der Waals surface area (Å²) in [6.07, 6.45) is 0. The molecule has 1 N–H and O–H groups in total. The van der Waals surface area contributed by atoms with Gasteiger partial charge in [-0.3, -0.25) is 0 Å². The Morgan fingerprint density at radius 3 is 2.75 bits per heavy atom. The van der Waals surface area contributed by atoms with Gasteiger partial charge in [-0.15, -0.1) is 0 Å². The van der Waals surface area contributed by atoms with Crippen LogP contribution in [0.5, 0.6) is 0 Å². The molecule has 0 saturated heterocycles. The summed E-state index contributed by atoms with van der Waals surface area (Å²) in [5.41, 5.74) is 0.388. The highest BCUT2D eigenvalue weighted by molar-refractivity contribution is 7.79. The Bertz CT molecular complexity index is 312. The molecule has 0 bridgehead atoms. The van der Waals surface area contributed by atoms with Crippen LogP contribution >= 0.6 is 12.6 Å². The van der Waals surface area contributed by atoms with Crippen LogP contribution in [0.15, 0.2) is 18.2 Å². The van der Waals surface area contributed by atoms with Gasteiger partial charge in [-0.1, -0.05) is 0 Å². The van der Waals surface area contributed by atoms with Gasteiger partial charge in [-0.25, -0.2) is 9.18 Å². The van der Waals surface area contributed by atoms with Crippen molar-refractivity contribution in [3.63, 3.8) is 0 Å². The van der Waals surface area contributed by atoms with Crippen LogP contribution in [0.25, 0.3) is 0 Å². The Hall–Kier alpha value is -1.03. The van der Waals surface area contributed by atoms with Crippen LogP contribution in [-0.4, -0.2) is 11.1 Å². The molecule has 0 radical (unpaired) electrons. The van der Waals surface area contributed by atoms with E-state index in [1.807, 2.05) is 0 Å². The first kappa shape index (κ1) is 9.06. The fourth-order valence-electron chi connectivity index (χ4n) is 0.829. The lowest BCUT2D eigenvalue weighted by atomic mass is 10.1. The summed E-state index contributed by atoms with van der Waals surface area (Å²) in [5, 5.41) is 8.55. The molecule has 4 heteroatoms. The minimum atomic E-state index is -1.06. The van der Waals surface area contributed by atoms with Crippen molar-refractivity contribution in [3.05, 3.63) is 35.1 Å². The lowest BCUT2D eigenvalue weighted by Gasteiger charge is -1.99. The number of carbonyl (C=O) groups is 1. The molecule has 0 spiro atoms. The number of thiol groups is 1. The van der Waals surface area contributed by atoms with E-state index in [4.69, 9.17) is 5.11 Å². The van der Waals surface area contributed by atoms with Crippen molar-refractivity contribution in [2.24, 2.45) is 0 Å². The topological polar surface area (TPSA) is 37.3 Å². The van der Waals surface area contributed by atoms with Crippen molar-refractivity contribution in [1.82, 2.24) is 0 Å². The van der Waals surface area contributed by atoms with E-state index in [9.17, 15) is 9.18 Å². The van der Waals surface area contributed by atoms with Gasteiger partial charge >= 0.3 is 5.97 Å². The molecule has 0 aromatic heterocycles. The van der Waals surface area contributed by atoms with Crippen molar-refractivity contribution in [2.45, 2.75) is 5.75 Å². The van der Waals surface area contributed by atoms with E-state index in [1.165, 1.54) is 12.1 Å². The Morgan fingerprint density at radius 2 is 2.25 bits per heavy atom. The van der Waals surface area contributed by atoms with Crippen molar-refractivity contribution in [1.29, 1.82) is 0 Å². The van der Waals surface area contributed by atoms with Crippen LogP contribution < -0.4 is 0 Å². The van der Waals surface area contributed by atoms with Crippen LogP contribution in [0, 0.1) is 5.82 Å². The van der Waals surface area contributed by atoms with Crippen LogP contribution in [0.3, 0.4) is 0 Å². The molecule has 0 aliphatic heterocycles. The number of carboxylic acid groups (broad SMARTS) is 1. The van der Waals surface area contributed by atoms with E-state index in [2.05, 4.69) is 12.6 Å². The van der Waals surface area contributed by atoms with Crippen LogP contribution in [0.4, 0.5) is 4.39 Å². The van der Waals surface area contributed by atoms with Gasteiger partial charge in [0.1, 0.15) is 5.82 Å². The third-order valence-corrected chi connectivity index (χ3v) is 1.80. The van der Waals surface area contributed by atoms with E-state index < -0.39 is 11.8 Å². The first-order valence-corrected chi connectivity index (χ1v) is 3.91. The summed E-state index contributed by atoms with van der Waals surface area (Å²) in [4.78, 5) is 10.4. The van der Waals surface area contributed by atoms with Crippen LogP contribution in [0.2, 0.25) is 0 Å². The van der Waals surface area contributed by atoms with Gasteiger partial charge in [0.25, 0.3) is 0 Å². The third kappa shape index (κ3) is 1.76. The predicted molar refractivity (Wildman–Crippen MR) is 46.0 cm³/mol. The zero-order chi connectivity index (χ0) is 9.14. The molecule has 0 amide bonds. The molecule has 0 atom stereocenters. The van der Waals surface area contributed by atoms with Gasteiger partial charge < -0.3 is 5.11 Å². The number of halogens is 1. The summed E-state index contributed by atoms with van der Waals surface area (Å²) in [7, 11) is 0. The van der Waals surface area contributed by atoms with Gasteiger partial charge in [0.2, 0.25) is 0 Å². The summed E-state index contributed by atoms with van der Waals surface area (Å²) >= 11 is 3.86. The van der Waals surface area contributed by atoms with Gasteiger partial charge in [-0.2, -0.15) is 12.6 Å². The third-order valence-electron chi connectivity index (χ3n) is 1.46. The van der Waals surface area contributed by atoms with E-state index in [0.717, 1.165) is 6.07 Å². The highest BCUT2D eigenvalue weighted by Crippen LogP contribution is 2.12. The largest absolute Gasteiger partial charge is 0.478 e. The van der Waals surface area contributed by atoms with E-state index in [1.54, 1.807) is 0 Å². The lowest BCUT2D eigenvalue weighted by Crippen LogP contribution is -1.98. The summed E-state index contributed by atoms with van der Waals surface area (Å²) in [6, 6.07) is 3.64. The number of aromatic carboxylic acids is 1. The average Bonchev–Trinajstić information content (AvgIpc) is 2.05. The second-order valence-electron chi connectivity index (χ2n) is 2.27. The molecule has 0 saturated carbocycles. The molecule has 2 nitrogen and oxygen atoms in total. The first-order chi connectivity index (χ1) is 5.65. The number of hydrogen-bond donors (Lipinski definition) is 2. The number of carboxylic acids is 1. The van der Waals surface area contributed by atoms with Crippen LogP contribution in [-0.2, 0) is 5.75 Å². The number of rotatable bonds is 2. The Balaban J connectivity index is 3.13. The second-order valence-corrected chi connectivity index (χ2v) is 2.59. The number of hydrogen-bond acceptors (Lipinski definition) is 2. The Kier molecular flexibility index (Phi) is 2.70. The number of benzene rings is 1. The standard InChI is InChI=1S/C8H7FO2S/c9-7-2-1-5(8(10)11)3-6(7)4-12/h1-3,12H,4H2,(H,10,11). The maximum atomic E-state index is 12.8. The first-order valence-electron chi connectivity index (χ1n) is 3.27. The van der Waals surface area contributed by atoms with E-state index in [0.29, 0.717) is 5.56 Å². The molecular weight excluding hydrogens is 179 g/mol. The van der Waals surface area contributed by atoms with Gasteiger partial charge in [-0.05, 0) is 23.8 Å². The van der Waals surface area contributed by atoms with Gasteiger partial charge in [0.05, 0.1) is 5.56 Å². The highest BCUT2D eigenvalue weighted by atomic mass is 32.1. The molecule has 0 heterocycles. The quantitative estimate of drug-likeness (QED) is 0.693. The molecule has 0 unspecified atom stereocenters. The lowest BCUT2D eigenvalue weighted by molar-refractivity contribution is 0.0696. The monoisotopic (exact) mass is 186 g/mol. The fourth-order valence-corrected chi connectivity index (χ4v) is 1.07. The molecule has 1 aromatic rings. The summed E-state index contributed by atoms with van der Waals surface area (Å²) in [6.45, 7) is 0. The summed E-state index contributed by atoms with van der Waals surface area (Å²) < 4.78 is 12.8. The van der Waals surface area contributed by atoms with Crippen molar-refractivity contribution in [3.8, 4) is 0 Å².